The first-order valence-electron chi connectivity index (χ1n) is 9.85. The Bertz CT molecular complexity index is 1100. The van der Waals surface area contributed by atoms with Gasteiger partial charge in [-0.2, -0.15) is 4.98 Å². The molecule has 2 heterocycles. The van der Waals surface area contributed by atoms with Gasteiger partial charge in [0.25, 0.3) is 5.89 Å². The summed E-state index contributed by atoms with van der Waals surface area (Å²) < 4.78 is 11.0. The van der Waals surface area contributed by atoms with Gasteiger partial charge in [0.05, 0.1) is 18.7 Å². The summed E-state index contributed by atoms with van der Waals surface area (Å²) in [7, 11) is 1.62. The number of nitrogens with zero attached hydrogens (tertiary/aromatic N) is 3. The molecule has 1 unspecified atom stereocenters. The van der Waals surface area contributed by atoms with Crippen LogP contribution >= 0.6 is 0 Å². The molecule has 1 aliphatic rings. The number of aromatic nitrogens is 2. The summed E-state index contributed by atoms with van der Waals surface area (Å²) >= 11 is 0. The molecular formula is C23H24N4O3. The van der Waals surface area contributed by atoms with Crippen molar-refractivity contribution in [2.24, 2.45) is 0 Å². The Morgan fingerprint density at radius 2 is 1.93 bits per heavy atom. The van der Waals surface area contributed by atoms with Crippen molar-refractivity contribution in [1.29, 1.82) is 0 Å². The van der Waals surface area contributed by atoms with Gasteiger partial charge < -0.3 is 14.6 Å². The molecule has 2 amide bonds. The Balaban J connectivity index is 1.81. The number of methoxy groups -OCH3 is 1. The molecule has 1 aromatic heterocycles. The number of hydrogen-bond acceptors (Lipinski definition) is 5. The first-order chi connectivity index (χ1) is 14.5. The van der Waals surface area contributed by atoms with E-state index in [1.54, 1.807) is 12.0 Å². The van der Waals surface area contributed by atoms with Crippen LogP contribution in [0.4, 0.5) is 4.79 Å². The lowest BCUT2D eigenvalue weighted by molar-refractivity contribution is 0.207. The Morgan fingerprint density at radius 3 is 2.63 bits per heavy atom. The van der Waals surface area contributed by atoms with Crippen LogP contribution in [-0.2, 0) is 0 Å². The van der Waals surface area contributed by atoms with E-state index in [4.69, 9.17) is 9.26 Å². The van der Waals surface area contributed by atoms with E-state index in [-0.39, 0.29) is 6.03 Å². The lowest BCUT2D eigenvalue weighted by atomic mass is 9.94. The third-order valence-corrected chi connectivity index (χ3v) is 5.31. The van der Waals surface area contributed by atoms with Gasteiger partial charge in [-0.1, -0.05) is 47.1 Å². The molecule has 154 valence electrons. The third-order valence-electron chi connectivity index (χ3n) is 5.31. The first kappa shape index (κ1) is 19.7. The molecule has 2 aromatic carbocycles. The number of hydrogen-bond donors (Lipinski definition) is 1. The second-order valence-corrected chi connectivity index (χ2v) is 7.19. The fourth-order valence-electron chi connectivity index (χ4n) is 3.66. The average Bonchev–Trinajstić information content (AvgIpc) is 3.24. The SMILES string of the molecule is CCN1C(=O)NC(c2cccc(OC)c2)C(c2nc(-c3ccc(C)cc3)no2)=C1C. The standard InChI is InChI=1S/C23H24N4O3/c1-5-27-15(3)19(20(24-23(27)28)17-7-6-8-18(13-17)29-4)22-25-21(26-30-22)16-11-9-14(2)10-12-16/h6-13,20H,5H2,1-4H3,(H,24,28). The molecule has 1 aliphatic heterocycles. The highest BCUT2D eigenvalue weighted by Crippen LogP contribution is 2.38. The zero-order chi connectivity index (χ0) is 21.3. The van der Waals surface area contributed by atoms with Crippen LogP contribution in [-0.4, -0.2) is 34.7 Å². The lowest BCUT2D eigenvalue weighted by Crippen LogP contribution is -2.45. The number of rotatable bonds is 5. The van der Waals surface area contributed by atoms with Crippen LogP contribution in [0.15, 0.2) is 58.8 Å². The Hall–Kier alpha value is -3.61. The third kappa shape index (κ3) is 3.54. The van der Waals surface area contributed by atoms with Crippen LogP contribution in [0.25, 0.3) is 17.0 Å². The van der Waals surface area contributed by atoms with Crippen molar-refractivity contribution >= 4 is 11.6 Å². The smallest absolute Gasteiger partial charge is 0.322 e. The molecule has 0 aliphatic carbocycles. The van der Waals surface area contributed by atoms with Gasteiger partial charge in [-0.3, -0.25) is 4.90 Å². The van der Waals surface area contributed by atoms with Crippen molar-refractivity contribution in [3.63, 3.8) is 0 Å². The number of carbonyl (C=O) groups is 1. The fraction of sp³-hybridized carbons (Fsp3) is 0.261. The van der Waals surface area contributed by atoms with Crippen molar-refractivity contribution in [2.75, 3.05) is 13.7 Å². The molecule has 0 bridgehead atoms. The van der Waals surface area contributed by atoms with E-state index in [9.17, 15) is 4.79 Å². The maximum Gasteiger partial charge on any atom is 0.322 e. The molecule has 0 saturated heterocycles. The molecule has 0 saturated carbocycles. The lowest BCUT2D eigenvalue weighted by Gasteiger charge is -2.34. The van der Waals surface area contributed by atoms with Crippen molar-refractivity contribution in [2.45, 2.75) is 26.8 Å². The van der Waals surface area contributed by atoms with Gasteiger partial charge in [-0.05, 0) is 38.5 Å². The zero-order valence-corrected chi connectivity index (χ0v) is 17.5. The quantitative estimate of drug-likeness (QED) is 0.674. The predicted octanol–water partition coefficient (Wildman–Crippen LogP) is 4.57. The highest BCUT2D eigenvalue weighted by Gasteiger charge is 2.35. The van der Waals surface area contributed by atoms with Crippen LogP contribution in [0.1, 0.15) is 36.9 Å². The van der Waals surface area contributed by atoms with Gasteiger partial charge in [-0.15, -0.1) is 0 Å². The number of nitrogens with one attached hydrogen (secondary N) is 1. The van der Waals surface area contributed by atoms with Crippen LogP contribution in [0.3, 0.4) is 0 Å². The van der Waals surface area contributed by atoms with Crippen LogP contribution in [0.2, 0.25) is 0 Å². The highest BCUT2D eigenvalue weighted by atomic mass is 16.5. The van der Waals surface area contributed by atoms with Crippen LogP contribution < -0.4 is 10.1 Å². The summed E-state index contributed by atoms with van der Waals surface area (Å²) in [6, 6.07) is 15.0. The van der Waals surface area contributed by atoms with E-state index >= 15 is 0 Å². The van der Waals surface area contributed by atoms with Crippen molar-refractivity contribution in [1.82, 2.24) is 20.4 Å². The minimum Gasteiger partial charge on any atom is -0.497 e. The van der Waals surface area contributed by atoms with E-state index < -0.39 is 6.04 Å². The van der Waals surface area contributed by atoms with Gasteiger partial charge in [0.1, 0.15) is 5.75 Å². The highest BCUT2D eigenvalue weighted by molar-refractivity contribution is 5.86. The molecule has 1 atom stereocenters. The van der Waals surface area contributed by atoms with Gasteiger partial charge >= 0.3 is 6.03 Å². The topological polar surface area (TPSA) is 80.5 Å². The first-order valence-corrected chi connectivity index (χ1v) is 9.85. The van der Waals surface area contributed by atoms with Gasteiger partial charge in [-0.25, -0.2) is 4.79 Å². The van der Waals surface area contributed by atoms with Crippen molar-refractivity contribution in [3.8, 4) is 17.1 Å². The molecule has 0 spiro atoms. The van der Waals surface area contributed by atoms with Gasteiger partial charge in [0.15, 0.2) is 0 Å². The summed E-state index contributed by atoms with van der Waals surface area (Å²) in [5.74, 6) is 1.60. The minimum atomic E-state index is -0.429. The van der Waals surface area contributed by atoms with Gasteiger partial charge in [0, 0.05) is 17.8 Å². The molecule has 7 nitrogen and oxygen atoms in total. The molecule has 0 radical (unpaired) electrons. The van der Waals surface area contributed by atoms with Gasteiger partial charge in [0.2, 0.25) is 5.82 Å². The second-order valence-electron chi connectivity index (χ2n) is 7.19. The Kier molecular flexibility index (Phi) is 5.27. The van der Waals surface area contributed by atoms with E-state index in [0.717, 1.165) is 28.0 Å². The van der Waals surface area contributed by atoms with Crippen LogP contribution in [0.5, 0.6) is 5.75 Å². The summed E-state index contributed by atoms with van der Waals surface area (Å²) in [4.78, 5) is 19.0. The number of aryl methyl sites for hydroxylation is 1. The largest absolute Gasteiger partial charge is 0.497 e. The summed E-state index contributed by atoms with van der Waals surface area (Å²) in [6.45, 7) is 6.39. The molecular weight excluding hydrogens is 380 g/mol. The number of carbonyl (C=O) groups excluding carboxylic acids is 1. The number of allylic oxidation sites excluding steroid dienone is 1. The molecule has 30 heavy (non-hydrogen) atoms. The minimum absolute atomic E-state index is 0.162. The molecule has 3 aromatic rings. The van der Waals surface area contributed by atoms with Crippen molar-refractivity contribution in [3.05, 3.63) is 71.2 Å². The summed E-state index contributed by atoms with van der Waals surface area (Å²) in [5, 5.41) is 7.25. The Morgan fingerprint density at radius 1 is 1.17 bits per heavy atom. The maximum atomic E-state index is 12.7. The average molecular weight is 404 g/mol. The summed E-state index contributed by atoms with van der Waals surface area (Å²) in [5.41, 5.74) is 4.47. The second kappa shape index (κ2) is 8.02. The zero-order valence-electron chi connectivity index (χ0n) is 17.5. The number of benzene rings is 2. The normalized spacial score (nSPS) is 16.6. The van der Waals surface area contributed by atoms with Crippen molar-refractivity contribution < 1.29 is 14.1 Å². The predicted molar refractivity (Wildman–Crippen MR) is 114 cm³/mol. The van der Waals surface area contributed by atoms with E-state index in [2.05, 4.69) is 15.5 Å². The molecule has 0 fully saturated rings. The number of urea groups is 1. The maximum absolute atomic E-state index is 12.7. The number of amides is 2. The molecule has 7 heteroatoms. The summed E-state index contributed by atoms with van der Waals surface area (Å²) in [6.07, 6.45) is 0. The van der Waals surface area contributed by atoms with E-state index in [1.165, 1.54) is 0 Å². The van der Waals surface area contributed by atoms with E-state index in [0.29, 0.717) is 24.0 Å². The molecule has 4 rings (SSSR count). The molecule has 1 N–H and O–H groups in total. The van der Waals surface area contributed by atoms with E-state index in [1.807, 2.05) is 69.3 Å². The fourth-order valence-corrected chi connectivity index (χ4v) is 3.66. The van der Waals surface area contributed by atoms with Crippen LogP contribution in [0, 0.1) is 6.92 Å². The number of ether oxygens (including phenoxy) is 1. The monoisotopic (exact) mass is 404 g/mol. The Labute approximate surface area is 175 Å².